The van der Waals surface area contributed by atoms with Crippen LogP contribution in [0.4, 0.5) is 0 Å². The first-order valence-corrected chi connectivity index (χ1v) is 7.61. The average molecular weight is 275 g/mol. The molecule has 3 saturated heterocycles. The molecule has 2 N–H and O–H groups in total. The molecule has 0 amide bonds. The summed E-state index contributed by atoms with van der Waals surface area (Å²) in [6, 6.07) is 9.16. The van der Waals surface area contributed by atoms with E-state index in [2.05, 4.69) is 21.9 Å². The smallest absolute Gasteiger partial charge is 0.118 e. The van der Waals surface area contributed by atoms with Crippen molar-refractivity contribution in [2.45, 2.75) is 24.9 Å². The molecule has 0 saturated carbocycles. The molecule has 2 atom stereocenters. The minimum Gasteiger partial charge on any atom is -0.497 e. The molecule has 3 aliphatic heterocycles. The summed E-state index contributed by atoms with van der Waals surface area (Å²) in [5.74, 6) is 0.918. The Labute approximate surface area is 121 Å². The van der Waals surface area contributed by atoms with Gasteiger partial charge in [-0.1, -0.05) is 12.1 Å². The zero-order valence-electron chi connectivity index (χ0n) is 12.3. The molecule has 3 aliphatic rings. The predicted molar refractivity (Wildman–Crippen MR) is 81.1 cm³/mol. The van der Waals surface area contributed by atoms with Crippen LogP contribution in [-0.4, -0.2) is 61.7 Å². The largest absolute Gasteiger partial charge is 0.497 e. The second-order valence-corrected chi connectivity index (χ2v) is 5.95. The van der Waals surface area contributed by atoms with Gasteiger partial charge in [0.25, 0.3) is 0 Å². The van der Waals surface area contributed by atoms with Crippen molar-refractivity contribution in [1.82, 2.24) is 9.80 Å². The number of methoxy groups -OCH3 is 1. The molecule has 2 unspecified atom stereocenters. The number of hydrogen-bond donors (Lipinski definition) is 1. The van der Waals surface area contributed by atoms with Gasteiger partial charge in [0.2, 0.25) is 0 Å². The maximum Gasteiger partial charge on any atom is 0.118 e. The Morgan fingerprint density at radius 1 is 1.20 bits per heavy atom. The molecule has 110 valence electrons. The number of nitrogens with zero attached hydrogens (tertiary/aromatic N) is 2. The third kappa shape index (κ3) is 2.97. The fourth-order valence-corrected chi connectivity index (χ4v) is 3.38. The van der Waals surface area contributed by atoms with E-state index in [0.29, 0.717) is 6.04 Å². The minimum absolute atomic E-state index is 0.278. The van der Waals surface area contributed by atoms with E-state index in [4.69, 9.17) is 10.5 Å². The van der Waals surface area contributed by atoms with Crippen LogP contribution >= 0.6 is 0 Å². The Morgan fingerprint density at radius 3 is 2.45 bits per heavy atom. The molecule has 0 spiro atoms. The number of rotatable bonds is 5. The highest BCUT2D eigenvalue weighted by molar-refractivity contribution is 5.27. The van der Waals surface area contributed by atoms with E-state index in [1.807, 2.05) is 12.1 Å². The van der Waals surface area contributed by atoms with Crippen molar-refractivity contribution in [3.8, 4) is 5.75 Å². The van der Waals surface area contributed by atoms with Gasteiger partial charge in [-0.25, -0.2) is 0 Å². The fourth-order valence-electron chi connectivity index (χ4n) is 3.38. The summed E-state index contributed by atoms with van der Waals surface area (Å²) in [5, 5.41) is 0. The number of benzene rings is 1. The Morgan fingerprint density at radius 2 is 1.90 bits per heavy atom. The first-order chi connectivity index (χ1) is 9.76. The van der Waals surface area contributed by atoms with Gasteiger partial charge in [0.15, 0.2) is 0 Å². The van der Waals surface area contributed by atoms with E-state index in [-0.39, 0.29) is 6.04 Å². The van der Waals surface area contributed by atoms with Crippen LogP contribution in [0.15, 0.2) is 24.3 Å². The van der Waals surface area contributed by atoms with E-state index in [1.165, 1.54) is 31.7 Å². The summed E-state index contributed by atoms with van der Waals surface area (Å²) in [7, 11) is 1.70. The maximum absolute atomic E-state index is 6.45. The van der Waals surface area contributed by atoms with Crippen LogP contribution in [0.1, 0.15) is 12.0 Å². The standard InChI is InChI=1S/C16H25N3O/c1-20-14-5-2-13(3-6-14)4-7-15(17)16-12-18-8-10-19(16)11-9-18/h2-3,5-6,15-16H,4,7-12,17H2,1H3. The third-order valence-electron chi connectivity index (χ3n) is 4.74. The number of fused-ring (bicyclic) bond motifs is 3. The molecule has 4 nitrogen and oxygen atoms in total. The van der Waals surface area contributed by atoms with E-state index >= 15 is 0 Å². The Balaban J connectivity index is 1.52. The normalized spacial score (nSPS) is 30.2. The van der Waals surface area contributed by atoms with Crippen LogP contribution in [0.2, 0.25) is 0 Å². The lowest BCUT2D eigenvalue weighted by molar-refractivity contribution is 0.00148. The summed E-state index contributed by atoms with van der Waals surface area (Å²) in [6.45, 7) is 6.00. The molecular weight excluding hydrogens is 250 g/mol. The van der Waals surface area contributed by atoms with Gasteiger partial charge in [-0.15, -0.1) is 0 Å². The number of ether oxygens (including phenoxy) is 1. The van der Waals surface area contributed by atoms with Gasteiger partial charge >= 0.3 is 0 Å². The molecule has 20 heavy (non-hydrogen) atoms. The topological polar surface area (TPSA) is 41.7 Å². The summed E-state index contributed by atoms with van der Waals surface area (Å²) < 4.78 is 5.19. The predicted octanol–water partition coefficient (Wildman–Crippen LogP) is 0.955. The van der Waals surface area contributed by atoms with Gasteiger partial charge in [-0.2, -0.15) is 0 Å². The van der Waals surface area contributed by atoms with Gasteiger partial charge in [0.05, 0.1) is 7.11 Å². The van der Waals surface area contributed by atoms with Crippen molar-refractivity contribution >= 4 is 0 Å². The molecule has 3 heterocycles. The first-order valence-electron chi connectivity index (χ1n) is 7.61. The van der Waals surface area contributed by atoms with Crippen LogP contribution in [0.3, 0.4) is 0 Å². The second-order valence-electron chi connectivity index (χ2n) is 5.95. The van der Waals surface area contributed by atoms with Crippen molar-refractivity contribution in [1.29, 1.82) is 0 Å². The van der Waals surface area contributed by atoms with Gasteiger partial charge in [0.1, 0.15) is 5.75 Å². The lowest BCUT2D eigenvalue weighted by atomic mass is 9.95. The number of aryl methyl sites for hydroxylation is 1. The van der Waals surface area contributed by atoms with Crippen molar-refractivity contribution in [3.63, 3.8) is 0 Å². The van der Waals surface area contributed by atoms with Gasteiger partial charge in [-0.05, 0) is 30.5 Å². The zero-order chi connectivity index (χ0) is 13.9. The molecule has 1 aromatic rings. The van der Waals surface area contributed by atoms with E-state index in [1.54, 1.807) is 7.11 Å². The lowest BCUT2D eigenvalue weighted by Crippen LogP contribution is -2.65. The van der Waals surface area contributed by atoms with Crippen molar-refractivity contribution < 1.29 is 4.74 Å². The number of hydrogen-bond acceptors (Lipinski definition) is 4. The first kappa shape index (κ1) is 13.9. The molecule has 2 bridgehead atoms. The van der Waals surface area contributed by atoms with Crippen LogP contribution < -0.4 is 10.5 Å². The molecule has 3 fully saturated rings. The van der Waals surface area contributed by atoms with Gasteiger partial charge < -0.3 is 10.5 Å². The number of nitrogens with two attached hydrogens (primary N) is 1. The van der Waals surface area contributed by atoms with Gasteiger partial charge in [-0.3, -0.25) is 9.80 Å². The van der Waals surface area contributed by atoms with Gasteiger partial charge in [0, 0.05) is 44.8 Å². The van der Waals surface area contributed by atoms with Crippen molar-refractivity contribution in [2.24, 2.45) is 5.73 Å². The monoisotopic (exact) mass is 275 g/mol. The van der Waals surface area contributed by atoms with Crippen molar-refractivity contribution in [2.75, 3.05) is 39.8 Å². The fraction of sp³-hybridized carbons (Fsp3) is 0.625. The molecule has 4 rings (SSSR count). The highest BCUT2D eigenvalue weighted by atomic mass is 16.5. The van der Waals surface area contributed by atoms with E-state index < -0.39 is 0 Å². The Hall–Kier alpha value is -1.10. The zero-order valence-corrected chi connectivity index (χ0v) is 12.3. The van der Waals surface area contributed by atoms with Crippen LogP contribution in [-0.2, 0) is 6.42 Å². The SMILES string of the molecule is COc1ccc(CCC(N)C2CN3CCN2CC3)cc1. The van der Waals surface area contributed by atoms with Crippen molar-refractivity contribution in [3.05, 3.63) is 29.8 Å². The summed E-state index contributed by atoms with van der Waals surface area (Å²) in [4.78, 5) is 5.14. The van der Waals surface area contributed by atoms with Crippen LogP contribution in [0, 0.1) is 0 Å². The van der Waals surface area contributed by atoms with E-state index in [9.17, 15) is 0 Å². The molecule has 0 aliphatic carbocycles. The molecule has 1 aromatic carbocycles. The summed E-state index contributed by atoms with van der Waals surface area (Å²) in [5.41, 5.74) is 7.79. The quantitative estimate of drug-likeness (QED) is 0.869. The maximum atomic E-state index is 6.45. The summed E-state index contributed by atoms with van der Waals surface area (Å²) >= 11 is 0. The minimum atomic E-state index is 0.278. The number of piperazine rings is 3. The Kier molecular flexibility index (Phi) is 4.24. The molecule has 4 heteroatoms. The highest BCUT2D eigenvalue weighted by Gasteiger charge is 2.34. The third-order valence-corrected chi connectivity index (χ3v) is 4.74. The molecule has 0 radical (unpaired) electrons. The lowest BCUT2D eigenvalue weighted by Gasteiger charge is -2.49. The molecule has 0 aromatic heterocycles. The Bertz CT molecular complexity index is 426. The summed E-state index contributed by atoms with van der Waals surface area (Å²) in [6.07, 6.45) is 2.11. The van der Waals surface area contributed by atoms with E-state index in [0.717, 1.165) is 25.1 Å². The highest BCUT2D eigenvalue weighted by Crippen LogP contribution is 2.20. The molecular formula is C16H25N3O. The van der Waals surface area contributed by atoms with Crippen LogP contribution in [0.25, 0.3) is 0 Å². The average Bonchev–Trinajstić information content (AvgIpc) is 2.54. The van der Waals surface area contributed by atoms with Crippen LogP contribution in [0.5, 0.6) is 5.75 Å². The second kappa shape index (κ2) is 6.12.